The summed E-state index contributed by atoms with van der Waals surface area (Å²) in [4.78, 5) is 10.7. The van der Waals surface area contributed by atoms with Gasteiger partial charge < -0.3 is 12.7 Å². The predicted molar refractivity (Wildman–Crippen MR) is 43.0 cm³/mol. The van der Waals surface area contributed by atoms with Gasteiger partial charge in [-0.05, 0) is 0 Å². The molecular formula is C8H15NOW. The molecule has 0 aromatic rings. The van der Waals surface area contributed by atoms with Crippen LogP contribution in [0, 0.1) is 7.43 Å². The molecule has 0 atom stereocenters. The van der Waals surface area contributed by atoms with Gasteiger partial charge in [0.2, 0.25) is 0 Å². The van der Waals surface area contributed by atoms with E-state index in [1.54, 1.807) is 0 Å². The van der Waals surface area contributed by atoms with Crippen molar-refractivity contribution in [2.45, 2.75) is 31.7 Å². The Hall–Kier alpha value is 0.318. The third-order valence-electron chi connectivity index (χ3n) is 1.88. The Labute approximate surface area is 83.4 Å². The minimum absolute atomic E-state index is 0. The second-order valence-corrected chi connectivity index (χ2v) is 2.53. The number of carbonyl (C=O) groups is 1. The molecule has 0 heterocycles. The third kappa shape index (κ3) is 4.71. The average Bonchev–Trinajstić information content (AvgIpc) is 1.90. The number of hydrogen-bond donors (Lipinski definition) is 0. The third-order valence-corrected chi connectivity index (χ3v) is 1.88. The molecule has 0 spiro atoms. The van der Waals surface area contributed by atoms with E-state index >= 15 is 0 Å². The number of Topliss-reactive ketones (excluding diaryl/α,β-unsaturated/α-hetero) is 1. The van der Waals surface area contributed by atoms with Gasteiger partial charge in [-0.3, -0.25) is 4.79 Å². The zero-order valence-electron chi connectivity index (χ0n) is 7.17. The van der Waals surface area contributed by atoms with E-state index in [1.165, 1.54) is 0 Å². The topological polar surface area (TPSA) is 31.2 Å². The van der Waals surface area contributed by atoms with Crippen LogP contribution >= 0.6 is 0 Å². The monoisotopic (exact) mass is 325 g/mol. The quantitative estimate of drug-likeness (QED) is 0.678. The average molecular weight is 325 g/mol. The zero-order valence-corrected chi connectivity index (χ0v) is 10.1. The van der Waals surface area contributed by atoms with Crippen LogP contribution in [0.15, 0.2) is 0 Å². The van der Waals surface area contributed by atoms with Crippen LogP contribution in [0.4, 0.5) is 0 Å². The molecule has 0 amide bonds. The van der Waals surface area contributed by atoms with Crippen molar-refractivity contribution in [2.75, 3.05) is 7.05 Å². The summed E-state index contributed by atoms with van der Waals surface area (Å²) in [5.74, 6) is 0.412. The van der Waals surface area contributed by atoms with E-state index in [4.69, 9.17) is 0 Å². The van der Waals surface area contributed by atoms with Gasteiger partial charge in [-0.15, -0.1) is 6.04 Å². The van der Waals surface area contributed by atoms with Crippen molar-refractivity contribution in [3.8, 4) is 0 Å². The number of nitrogens with zero attached hydrogens (tertiary/aromatic N) is 1. The van der Waals surface area contributed by atoms with E-state index in [9.17, 15) is 4.79 Å². The van der Waals surface area contributed by atoms with Crippen LogP contribution in [0.3, 0.4) is 0 Å². The fourth-order valence-electron chi connectivity index (χ4n) is 1.18. The van der Waals surface area contributed by atoms with E-state index in [0.717, 1.165) is 25.7 Å². The van der Waals surface area contributed by atoms with E-state index in [2.05, 4.69) is 5.32 Å². The first kappa shape index (κ1) is 13.9. The van der Waals surface area contributed by atoms with Gasteiger partial charge in [0, 0.05) is 12.8 Å². The van der Waals surface area contributed by atoms with Crippen molar-refractivity contribution in [1.29, 1.82) is 0 Å². The van der Waals surface area contributed by atoms with Crippen LogP contribution in [0.1, 0.15) is 25.7 Å². The van der Waals surface area contributed by atoms with Crippen molar-refractivity contribution in [2.24, 2.45) is 0 Å². The normalized spacial score (nSPS) is 18.5. The molecule has 3 heteroatoms. The van der Waals surface area contributed by atoms with Gasteiger partial charge in [0.25, 0.3) is 0 Å². The first-order valence-corrected chi connectivity index (χ1v) is 3.43. The molecule has 0 bridgehead atoms. The number of carbonyl (C=O) groups excluding carboxylic acids is 1. The molecule has 0 aromatic heterocycles. The molecule has 1 saturated carbocycles. The van der Waals surface area contributed by atoms with Crippen molar-refractivity contribution in [1.82, 2.24) is 0 Å². The molecule has 0 N–H and O–H groups in total. The Morgan fingerprint density at radius 1 is 1.36 bits per heavy atom. The Kier molecular flexibility index (Phi) is 8.82. The van der Waals surface area contributed by atoms with Gasteiger partial charge in [-0.1, -0.05) is 12.8 Å². The summed E-state index contributed by atoms with van der Waals surface area (Å²) in [5.41, 5.74) is 0. The molecule has 2 nitrogen and oxygen atoms in total. The molecule has 1 fully saturated rings. The maximum Gasteiger partial charge on any atom is 2.00 e. The maximum atomic E-state index is 10.7. The maximum absolute atomic E-state index is 10.7. The minimum Gasteiger partial charge on any atom is -0.662 e. The van der Waals surface area contributed by atoms with Crippen molar-refractivity contribution < 1.29 is 25.9 Å². The van der Waals surface area contributed by atoms with Gasteiger partial charge >= 0.3 is 21.1 Å². The molecule has 1 aliphatic carbocycles. The second kappa shape index (κ2) is 6.99. The summed E-state index contributed by atoms with van der Waals surface area (Å²) in [6.45, 7) is 0. The van der Waals surface area contributed by atoms with E-state index < -0.39 is 0 Å². The van der Waals surface area contributed by atoms with Crippen molar-refractivity contribution >= 4 is 5.78 Å². The summed E-state index contributed by atoms with van der Waals surface area (Å²) < 4.78 is 0. The molecule has 11 heavy (non-hydrogen) atoms. The van der Waals surface area contributed by atoms with Crippen LogP contribution < -0.4 is 0 Å². The Balaban J connectivity index is 0. The summed E-state index contributed by atoms with van der Waals surface area (Å²) in [6.07, 6.45) is 3.47. The van der Waals surface area contributed by atoms with Crippen LogP contribution in [0.2, 0.25) is 0 Å². The number of rotatable bonds is 1. The van der Waals surface area contributed by atoms with Gasteiger partial charge in [-0.2, -0.15) is 7.05 Å². The summed E-state index contributed by atoms with van der Waals surface area (Å²) in [7, 11) is 1.83. The second-order valence-electron chi connectivity index (χ2n) is 2.53. The van der Waals surface area contributed by atoms with Gasteiger partial charge in [-0.25, -0.2) is 0 Å². The molecule has 1 aliphatic rings. The molecule has 0 saturated heterocycles. The molecule has 0 radical (unpaired) electrons. The smallest absolute Gasteiger partial charge is 0.662 e. The Morgan fingerprint density at radius 3 is 2.18 bits per heavy atom. The molecule has 0 unspecified atom stereocenters. The van der Waals surface area contributed by atoms with Crippen LogP contribution in [-0.2, 0) is 25.9 Å². The van der Waals surface area contributed by atoms with Gasteiger partial charge in [0.05, 0.1) is 0 Å². The summed E-state index contributed by atoms with van der Waals surface area (Å²) in [6, 6.07) is 0.475. The van der Waals surface area contributed by atoms with E-state index in [-0.39, 0.29) is 28.5 Å². The van der Waals surface area contributed by atoms with Gasteiger partial charge in [0.15, 0.2) is 0 Å². The fraction of sp³-hybridized carbons (Fsp3) is 0.750. The summed E-state index contributed by atoms with van der Waals surface area (Å²) >= 11 is 0. The SMILES string of the molecule is C[N-]C1CCC(=O)CC1.[CH3-].[W+2]. The first-order chi connectivity index (χ1) is 4.33. The summed E-state index contributed by atoms with van der Waals surface area (Å²) in [5, 5.41) is 4.13. The van der Waals surface area contributed by atoms with Crippen molar-refractivity contribution in [3.63, 3.8) is 0 Å². The Morgan fingerprint density at radius 2 is 1.82 bits per heavy atom. The zero-order chi connectivity index (χ0) is 6.69. The Bertz CT molecular complexity index is 107. The molecule has 0 aromatic carbocycles. The molecular weight excluding hydrogens is 310 g/mol. The van der Waals surface area contributed by atoms with E-state index in [0.29, 0.717) is 11.8 Å². The number of hydrogen-bond acceptors (Lipinski definition) is 1. The molecule has 0 aliphatic heterocycles. The van der Waals surface area contributed by atoms with Crippen LogP contribution in [0.25, 0.3) is 5.32 Å². The molecule has 1 rings (SSSR count). The first-order valence-electron chi connectivity index (χ1n) is 3.43. The largest absolute Gasteiger partial charge is 2.00 e. The van der Waals surface area contributed by atoms with Crippen LogP contribution in [0.5, 0.6) is 0 Å². The minimum atomic E-state index is 0. The van der Waals surface area contributed by atoms with Gasteiger partial charge in [0.1, 0.15) is 5.78 Å². The molecule has 64 valence electrons. The predicted octanol–water partition coefficient (Wildman–Crippen LogP) is 1.95. The standard InChI is InChI=1S/C7H12NO.CH3.W/c1-8-6-2-4-7(9)5-3-6;;/h6H,2-5H2,1H3;1H3;/q2*-1;+2. The fourth-order valence-corrected chi connectivity index (χ4v) is 1.18. The van der Waals surface area contributed by atoms with E-state index in [1.807, 2.05) is 7.05 Å². The number of ketones is 1. The van der Waals surface area contributed by atoms with Crippen LogP contribution in [-0.4, -0.2) is 18.9 Å². The van der Waals surface area contributed by atoms with Crippen molar-refractivity contribution in [3.05, 3.63) is 12.7 Å².